The third kappa shape index (κ3) is 4.32. The highest BCUT2D eigenvalue weighted by Gasteiger charge is 2.14. The summed E-state index contributed by atoms with van der Waals surface area (Å²) in [5.41, 5.74) is 6.65. The van der Waals surface area contributed by atoms with E-state index in [1.165, 1.54) is 11.3 Å². The van der Waals surface area contributed by atoms with Gasteiger partial charge in [0.2, 0.25) is 5.91 Å². The molecule has 26 heavy (non-hydrogen) atoms. The molecular formula is C17H14BrClN4O2S. The van der Waals surface area contributed by atoms with E-state index in [9.17, 15) is 9.59 Å². The maximum Gasteiger partial charge on any atom is 0.286 e. The third-order valence-corrected chi connectivity index (χ3v) is 5.20. The highest BCUT2D eigenvalue weighted by Crippen LogP contribution is 2.30. The van der Waals surface area contributed by atoms with Crippen molar-refractivity contribution in [2.75, 3.05) is 0 Å². The maximum atomic E-state index is 12.1. The van der Waals surface area contributed by atoms with E-state index in [0.717, 1.165) is 15.0 Å². The van der Waals surface area contributed by atoms with Gasteiger partial charge >= 0.3 is 0 Å². The van der Waals surface area contributed by atoms with Crippen molar-refractivity contribution in [3.63, 3.8) is 0 Å². The van der Waals surface area contributed by atoms with Crippen molar-refractivity contribution < 1.29 is 9.59 Å². The van der Waals surface area contributed by atoms with E-state index in [1.54, 1.807) is 35.3 Å². The Balaban J connectivity index is 1.58. The molecule has 3 aromatic rings. The summed E-state index contributed by atoms with van der Waals surface area (Å²) >= 11 is 10.9. The number of thiazole rings is 1. The predicted molar refractivity (Wildman–Crippen MR) is 105 cm³/mol. The van der Waals surface area contributed by atoms with Crippen LogP contribution in [0.2, 0.25) is 5.02 Å². The lowest BCUT2D eigenvalue weighted by Gasteiger charge is -2.07. The summed E-state index contributed by atoms with van der Waals surface area (Å²) in [4.78, 5) is 28.5. The van der Waals surface area contributed by atoms with Crippen LogP contribution in [0.3, 0.4) is 0 Å². The van der Waals surface area contributed by atoms with Gasteiger partial charge in [-0.3, -0.25) is 20.4 Å². The fourth-order valence-corrected chi connectivity index (χ4v) is 3.96. The molecule has 9 heteroatoms. The van der Waals surface area contributed by atoms with Gasteiger partial charge in [-0.05, 0) is 28.1 Å². The Bertz CT molecular complexity index is 969. The highest BCUT2D eigenvalue weighted by molar-refractivity contribution is 9.10. The molecule has 134 valence electrons. The monoisotopic (exact) mass is 452 g/mol. The third-order valence-electron chi connectivity index (χ3n) is 3.52. The molecule has 1 aromatic carbocycles. The van der Waals surface area contributed by atoms with Crippen molar-refractivity contribution in [1.29, 1.82) is 0 Å². The lowest BCUT2D eigenvalue weighted by Crippen LogP contribution is -2.43. The first-order valence-corrected chi connectivity index (χ1v) is 9.59. The average molecular weight is 454 g/mol. The largest absolute Gasteiger partial charge is 0.345 e. The number of halogens is 2. The zero-order valence-electron chi connectivity index (χ0n) is 13.6. The zero-order chi connectivity index (χ0) is 18.7. The number of carbonyl (C=O) groups excluding carboxylic acids is 2. The van der Waals surface area contributed by atoms with E-state index in [1.807, 2.05) is 18.2 Å². The number of aromatic nitrogens is 2. The van der Waals surface area contributed by atoms with Crippen LogP contribution in [0.5, 0.6) is 0 Å². The van der Waals surface area contributed by atoms with Crippen LogP contribution in [-0.2, 0) is 18.3 Å². The van der Waals surface area contributed by atoms with Crippen molar-refractivity contribution >= 4 is 50.7 Å². The second-order valence-corrected chi connectivity index (χ2v) is 7.64. The molecule has 0 fully saturated rings. The lowest BCUT2D eigenvalue weighted by atomic mass is 10.2. The van der Waals surface area contributed by atoms with Crippen LogP contribution in [0.25, 0.3) is 10.6 Å². The van der Waals surface area contributed by atoms with Gasteiger partial charge in [-0.25, -0.2) is 4.98 Å². The minimum Gasteiger partial charge on any atom is -0.345 e. The number of nitrogens with zero attached hydrogens (tertiary/aromatic N) is 2. The van der Waals surface area contributed by atoms with E-state index >= 15 is 0 Å². The number of hydrogen-bond acceptors (Lipinski definition) is 4. The predicted octanol–water partition coefficient (Wildman–Crippen LogP) is 3.57. The summed E-state index contributed by atoms with van der Waals surface area (Å²) < 4.78 is 2.44. The Morgan fingerprint density at radius 3 is 2.77 bits per heavy atom. The van der Waals surface area contributed by atoms with Gasteiger partial charge in [0.1, 0.15) is 10.7 Å². The minimum atomic E-state index is -0.401. The van der Waals surface area contributed by atoms with Gasteiger partial charge in [-0.15, -0.1) is 11.3 Å². The number of rotatable bonds is 4. The summed E-state index contributed by atoms with van der Waals surface area (Å²) in [5, 5.41) is 3.16. The molecule has 0 aliphatic carbocycles. The van der Waals surface area contributed by atoms with Gasteiger partial charge in [0, 0.05) is 28.7 Å². The number of benzene rings is 1. The van der Waals surface area contributed by atoms with Gasteiger partial charge in [-0.1, -0.05) is 29.8 Å². The standard InChI is InChI=1S/C17H14BrClN4O2S/c1-23-8-10(18)6-14(23)16(25)22-21-15(24)7-11-9-26-17(20-11)12-4-2-3-5-13(12)19/h2-6,8-9H,7H2,1H3,(H,21,24)(H,22,25). The van der Waals surface area contributed by atoms with Crippen LogP contribution in [0.1, 0.15) is 16.2 Å². The van der Waals surface area contributed by atoms with Crippen LogP contribution >= 0.6 is 38.9 Å². The second kappa shape index (κ2) is 8.03. The summed E-state index contributed by atoms with van der Waals surface area (Å²) in [6.07, 6.45) is 1.81. The van der Waals surface area contributed by atoms with Crippen LogP contribution in [0, 0.1) is 0 Å². The van der Waals surface area contributed by atoms with E-state index in [2.05, 4.69) is 31.8 Å². The summed E-state index contributed by atoms with van der Waals surface area (Å²) in [7, 11) is 1.74. The maximum absolute atomic E-state index is 12.1. The molecule has 0 aliphatic rings. The average Bonchev–Trinajstić information content (AvgIpc) is 3.19. The van der Waals surface area contributed by atoms with E-state index in [4.69, 9.17) is 11.6 Å². The molecule has 6 nitrogen and oxygen atoms in total. The molecule has 3 rings (SSSR count). The van der Waals surface area contributed by atoms with Crippen molar-refractivity contribution in [3.8, 4) is 10.6 Å². The minimum absolute atomic E-state index is 0.0536. The Kier molecular flexibility index (Phi) is 5.75. The molecule has 0 radical (unpaired) electrons. The molecule has 0 aliphatic heterocycles. The molecule has 0 spiro atoms. The van der Waals surface area contributed by atoms with Crippen molar-refractivity contribution in [1.82, 2.24) is 20.4 Å². The van der Waals surface area contributed by atoms with Crippen LogP contribution in [-0.4, -0.2) is 21.4 Å². The molecule has 0 bridgehead atoms. The first kappa shape index (κ1) is 18.6. The van der Waals surface area contributed by atoms with Gasteiger partial charge in [0.05, 0.1) is 17.1 Å². The highest BCUT2D eigenvalue weighted by atomic mass is 79.9. The van der Waals surface area contributed by atoms with Gasteiger partial charge in [-0.2, -0.15) is 0 Å². The Labute approximate surface area is 167 Å². The van der Waals surface area contributed by atoms with Gasteiger partial charge in [0.25, 0.3) is 5.91 Å². The quantitative estimate of drug-likeness (QED) is 0.593. The van der Waals surface area contributed by atoms with Crippen LogP contribution in [0.4, 0.5) is 0 Å². The first-order chi connectivity index (χ1) is 12.4. The summed E-state index contributed by atoms with van der Waals surface area (Å²) in [6, 6.07) is 9.07. The Hall–Kier alpha value is -2.16. The smallest absolute Gasteiger partial charge is 0.286 e. The molecule has 0 unspecified atom stereocenters. The molecular weight excluding hydrogens is 440 g/mol. The van der Waals surface area contributed by atoms with Crippen molar-refractivity contribution in [2.24, 2.45) is 7.05 Å². The molecule has 2 amide bonds. The lowest BCUT2D eigenvalue weighted by molar-refractivity contribution is -0.121. The molecule has 2 N–H and O–H groups in total. The zero-order valence-corrected chi connectivity index (χ0v) is 16.8. The Morgan fingerprint density at radius 1 is 1.31 bits per heavy atom. The SMILES string of the molecule is Cn1cc(Br)cc1C(=O)NNC(=O)Cc1csc(-c2ccccc2Cl)n1. The summed E-state index contributed by atoms with van der Waals surface area (Å²) in [6.45, 7) is 0. The molecule has 0 saturated carbocycles. The van der Waals surface area contributed by atoms with Crippen molar-refractivity contribution in [3.05, 3.63) is 62.8 Å². The van der Waals surface area contributed by atoms with Crippen LogP contribution < -0.4 is 10.9 Å². The van der Waals surface area contributed by atoms with Crippen LogP contribution in [0.15, 0.2) is 46.4 Å². The Morgan fingerprint density at radius 2 is 2.08 bits per heavy atom. The molecule has 2 aromatic heterocycles. The number of hydrazine groups is 1. The van der Waals surface area contributed by atoms with Gasteiger partial charge in [0.15, 0.2) is 0 Å². The number of aryl methyl sites for hydroxylation is 1. The fourth-order valence-electron chi connectivity index (χ4n) is 2.30. The van der Waals surface area contributed by atoms with Gasteiger partial charge < -0.3 is 4.57 Å². The molecule has 0 saturated heterocycles. The number of amides is 2. The van der Waals surface area contributed by atoms with E-state index in [-0.39, 0.29) is 12.3 Å². The van der Waals surface area contributed by atoms with Crippen molar-refractivity contribution in [2.45, 2.75) is 6.42 Å². The number of carbonyl (C=O) groups is 2. The first-order valence-electron chi connectivity index (χ1n) is 7.54. The fraction of sp³-hybridized carbons (Fsp3) is 0.118. The molecule has 2 heterocycles. The van der Waals surface area contributed by atoms with E-state index < -0.39 is 5.91 Å². The summed E-state index contributed by atoms with van der Waals surface area (Å²) in [5.74, 6) is -0.760. The normalized spacial score (nSPS) is 10.6. The topological polar surface area (TPSA) is 76.0 Å². The number of hydrogen-bond donors (Lipinski definition) is 2. The molecule has 0 atom stereocenters. The van der Waals surface area contributed by atoms with E-state index in [0.29, 0.717) is 16.4 Å². The number of nitrogens with one attached hydrogen (secondary N) is 2. The second-order valence-electron chi connectivity index (χ2n) is 5.46.